The van der Waals surface area contributed by atoms with Gasteiger partial charge >= 0.3 is 0 Å². The Bertz CT molecular complexity index is 1130. The number of nitrogens with zero attached hydrogens (tertiary/aromatic N) is 4. The Morgan fingerprint density at radius 2 is 2.03 bits per heavy atom. The maximum atomic E-state index is 13.3. The van der Waals surface area contributed by atoms with Crippen LogP contribution in [0, 0.1) is 0 Å². The lowest BCUT2D eigenvalue weighted by molar-refractivity contribution is -0.120. The number of halogens is 1. The molecule has 0 radical (unpaired) electrons. The van der Waals surface area contributed by atoms with Crippen LogP contribution in [0.2, 0.25) is 5.02 Å². The second-order valence-electron chi connectivity index (χ2n) is 8.24. The number of hydrogen-bond donors (Lipinski definition) is 0. The molecule has 0 N–H and O–H groups in total. The molecule has 1 aromatic carbocycles. The third-order valence-corrected chi connectivity index (χ3v) is 6.83. The first-order chi connectivity index (χ1) is 14.2. The van der Waals surface area contributed by atoms with Gasteiger partial charge in [0.15, 0.2) is 0 Å². The SMILES string of the molecule is O=C1N(Cc2nc3cc(Cl)ccc3n2C2CCOCC2)c2cnccc2C12CC2. The average molecular weight is 409 g/mol. The second kappa shape index (κ2) is 6.28. The van der Waals surface area contributed by atoms with Crippen LogP contribution >= 0.6 is 11.6 Å². The molecule has 148 valence electrons. The van der Waals surface area contributed by atoms with Crippen molar-refractivity contribution in [3.05, 3.63) is 53.1 Å². The molecule has 2 aliphatic heterocycles. The number of amides is 1. The van der Waals surface area contributed by atoms with E-state index in [1.807, 2.05) is 35.4 Å². The molecule has 2 fully saturated rings. The summed E-state index contributed by atoms with van der Waals surface area (Å²) >= 11 is 6.23. The van der Waals surface area contributed by atoms with Crippen molar-refractivity contribution in [1.29, 1.82) is 0 Å². The Morgan fingerprint density at radius 3 is 2.83 bits per heavy atom. The smallest absolute Gasteiger partial charge is 0.238 e. The number of benzene rings is 1. The summed E-state index contributed by atoms with van der Waals surface area (Å²) in [5.74, 6) is 1.08. The summed E-state index contributed by atoms with van der Waals surface area (Å²) in [7, 11) is 0. The van der Waals surface area contributed by atoms with E-state index in [9.17, 15) is 4.79 Å². The molecule has 0 bridgehead atoms. The Balaban J connectivity index is 1.46. The number of pyridine rings is 1. The number of carbonyl (C=O) groups is 1. The summed E-state index contributed by atoms with van der Waals surface area (Å²) in [5.41, 5.74) is 3.67. The molecule has 1 amide bonds. The van der Waals surface area contributed by atoms with Crippen LogP contribution in [0.5, 0.6) is 0 Å². The number of hydrogen-bond acceptors (Lipinski definition) is 4. The Hall–Kier alpha value is -2.44. The van der Waals surface area contributed by atoms with Crippen LogP contribution in [0.3, 0.4) is 0 Å². The molecule has 6 nitrogen and oxygen atoms in total. The summed E-state index contributed by atoms with van der Waals surface area (Å²) in [6, 6.07) is 8.16. The van der Waals surface area contributed by atoms with Crippen molar-refractivity contribution in [2.24, 2.45) is 0 Å². The minimum atomic E-state index is -0.322. The normalized spacial score (nSPS) is 20.6. The van der Waals surface area contributed by atoms with Crippen LogP contribution in [0.15, 0.2) is 36.7 Å². The largest absolute Gasteiger partial charge is 0.381 e. The van der Waals surface area contributed by atoms with Crippen LogP contribution in [-0.2, 0) is 21.5 Å². The lowest BCUT2D eigenvalue weighted by atomic mass is 9.99. The van der Waals surface area contributed by atoms with Gasteiger partial charge in [0.2, 0.25) is 5.91 Å². The van der Waals surface area contributed by atoms with Gasteiger partial charge in [-0.1, -0.05) is 11.6 Å². The van der Waals surface area contributed by atoms with Crippen molar-refractivity contribution >= 4 is 34.2 Å². The first kappa shape index (κ1) is 17.4. The van der Waals surface area contributed by atoms with Crippen molar-refractivity contribution in [2.75, 3.05) is 18.1 Å². The lowest BCUT2D eigenvalue weighted by Gasteiger charge is -2.27. The van der Waals surface area contributed by atoms with Gasteiger partial charge in [-0.25, -0.2) is 4.98 Å². The summed E-state index contributed by atoms with van der Waals surface area (Å²) in [6.07, 6.45) is 7.33. The maximum Gasteiger partial charge on any atom is 0.238 e. The standard InChI is InChI=1S/C22H21ClN4O2/c23-14-1-2-18-17(11-14)25-20(27(18)15-4-9-29-10-5-15)13-26-19-12-24-8-3-16(19)22(6-7-22)21(26)28/h1-3,8,11-12,15H,4-7,9-10,13H2. The van der Waals surface area contributed by atoms with Crippen LogP contribution in [0.1, 0.15) is 43.1 Å². The van der Waals surface area contributed by atoms with Crippen LogP contribution in [0.25, 0.3) is 11.0 Å². The second-order valence-corrected chi connectivity index (χ2v) is 8.68. The Morgan fingerprint density at radius 1 is 1.21 bits per heavy atom. The van der Waals surface area contributed by atoms with E-state index in [4.69, 9.17) is 21.3 Å². The summed E-state index contributed by atoms with van der Waals surface area (Å²) in [4.78, 5) is 24.4. The fraction of sp³-hybridized carbons (Fsp3) is 0.409. The van der Waals surface area contributed by atoms with Gasteiger partial charge in [-0.2, -0.15) is 0 Å². The third-order valence-electron chi connectivity index (χ3n) is 6.59. The van der Waals surface area contributed by atoms with Crippen LogP contribution in [0.4, 0.5) is 5.69 Å². The molecule has 3 aromatic rings. The molecule has 4 heterocycles. The van der Waals surface area contributed by atoms with Gasteiger partial charge in [-0.05, 0) is 55.5 Å². The van der Waals surface area contributed by atoms with Crippen molar-refractivity contribution in [2.45, 2.75) is 43.7 Å². The van der Waals surface area contributed by atoms with Crippen molar-refractivity contribution in [1.82, 2.24) is 14.5 Å². The lowest BCUT2D eigenvalue weighted by Crippen LogP contribution is -2.33. The van der Waals surface area contributed by atoms with E-state index >= 15 is 0 Å². The first-order valence-electron chi connectivity index (χ1n) is 10.2. The molecule has 3 aliphatic rings. The molecule has 1 spiro atoms. The van der Waals surface area contributed by atoms with Gasteiger partial charge < -0.3 is 14.2 Å². The molecular weight excluding hydrogens is 388 g/mol. The molecule has 2 aromatic heterocycles. The zero-order valence-corrected chi connectivity index (χ0v) is 16.7. The number of carbonyl (C=O) groups excluding carboxylic acids is 1. The van der Waals surface area contributed by atoms with Gasteiger partial charge in [0.25, 0.3) is 0 Å². The molecule has 1 saturated heterocycles. The van der Waals surface area contributed by atoms with E-state index < -0.39 is 0 Å². The van der Waals surface area contributed by atoms with Crippen LogP contribution in [-0.4, -0.2) is 33.7 Å². The number of anilines is 1. The highest BCUT2D eigenvalue weighted by molar-refractivity contribution is 6.31. The average Bonchev–Trinajstić information content (AvgIpc) is 3.43. The Labute approximate surface area is 173 Å². The highest BCUT2D eigenvalue weighted by atomic mass is 35.5. The quantitative estimate of drug-likeness (QED) is 0.656. The monoisotopic (exact) mass is 408 g/mol. The van der Waals surface area contributed by atoms with Crippen molar-refractivity contribution in [3.8, 4) is 0 Å². The predicted octanol–water partition coefficient (Wildman–Crippen LogP) is 4.01. The number of aromatic nitrogens is 3. The minimum Gasteiger partial charge on any atom is -0.381 e. The van der Waals surface area contributed by atoms with Crippen molar-refractivity contribution < 1.29 is 9.53 Å². The molecule has 0 atom stereocenters. The third kappa shape index (κ3) is 2.55. The zero-order valence-electron chi connectivity index (χ0n) is 16.0. The molecule has 7 heteroatoms. The fourth-order valence-electron chi connectivity index (χ4n) is 4.98. The molecule has 0 unspecified atom stereocenters. The summed E-state index contributed by atoms with van der Waals surface area (Å²) in [6.45, 7) is 1.94. The number of fused-ring (bicyclic) bond motifs is 3. The van der Waals surface area contributed by atoms with Gasteiger partial charge in [0.05, 0.1) is 34.9 Å². The van der Waals surface area contributed by atoms with Crippen molar-refractivity contribution in [3.63, 3.8) is 0 Å². The van der Waals surface area contributed by atoms with Gasteiger partial charge in [0, 0.05) is 30.5 Å². The highest BCUT2D eigenvalue weighted by Gasteiger charge is 2.59. The number of rotatable bonds is 3. The fourth-order valence-corrected chi connectivity index (χ4v) is 5.15. The number of imidazole rings is 1. The predicted molar refractivity (Wildman–Crippen MR) is 110 cm³/mol. The van der Waals surface area contributed by atoms with Gasteiger partial charge in [0.1, 0.15) is 5.82 Å². The number of ether oxygens (including phenoxy) is 1. The topological polar surface area (TPSA) is 60.2 Å². The van der Waals surface area contributed by atoms with E-state index in [0.717, 1.165) is 67.0 Å². The van der Waals surface area contributed by atoms with Crippen LogP contribution < -0.4 is 4.90 Å². The minimum absolute atomic E-state index is 0.184. The summed E-state index contributed by atoms with van der Waals surface area (Å²) < 4.78 is 7.87. The molecular formula is C22H21ClN4O2. The van der Waals surface area contributed by atoms with E-state index in [-0.39, 0.29) is 11.3 Å². The highest BCUT2D eigenvalue weighted by Crippen LogP contribution is 2.57. The Kier molecular flexibility index (Phi) is 3.77. The van der Waals surface area contributed by atoms with E-state index in [1.165, 1.54) is 0 Å². The maximum absolute atomic E-state index is 13.3. The first-order valence-corrected chi connectivity index (χ1v) is 10.6. The molecule has 29 heavy (non-hydrogen) atoms. The van der Waals surface area contributed by atoms with E-state index in [0.29, 0.717) is 17.6 Å². The molecule has 6 rings (SSSR count). The van der Waals surface area contributed by atoms with Gasteiger partial charge in [-0.3, -0.25) is 9.78 Å². The summed E-state index contributed by atoms with van der Waals surface area (Å²) in [5, 5.41) is 0.671. The zero-order chi connectivity index (χ0) is 19.6. The van der Waals surface area contributed by atoms with E-state index in [2.05, 4.69) is 9.55 Å². The van der Waals surface area contributed by atoms with Gasteiger partial charge in [-0.15, -0.1) is 0 Å². The van der Waals surface area contributed by atoms with E-state index in [1.54, 1.807) is 6.20 Å². The molecule has 1 saturated carbocycles. The molecule has 1 aliphatic carbocycles.